The van der Waals surface area contributed by atoms with Gasteiger partial charge in [0.25, 0.3) is 0 Å². The number of hydrogen-bond donors (Lipinski definition) is 0. The highest BCUT2D eigenvalue weighted by Gasteiger charge is 2.22. The fourth-order valence-electron chi connectivity index (χ4n) is 4.81. The summed E-state index contributed by atoms with van der Waals surface area (Å²) < 4.78 is 29.2. The third-order valence-electron chi connectivity index (χ3n) is 6.73. The van der Waals surface area contributed by atoms with Crippen molar-refractivity contribution in [1.82, 2.24) is 0 Å². The van der Waals surface area contributed by atoms with E-state index in [1.54, 1.807) is 12.1 Å². The lowest BCUT2D eigenvalue weighted by atomic mass is 9.77. The molecule has 0 nitrogen and oxygen atoms in total. The molecule has 1 saturated carbocycles. The van der Waals surface area contributed by atoms with Crippen molar-refractivity contribution in [2.75, 3.05) is 0 Å². The van der Waals surface area contributed by atoms with Crippen molar-refractivity contribution in [3.63, 3.8) is 0 Å². The summed E-state index contributed by atoms with van der Waals surface area (Å²) in [5, 5.41) is 0. The van der Waals surface area contributed by atoms with Crippen molar-refractivity contribution < 1.29 is 8.78 Å². The van der Waals surface area contributed by atoms with Crippen LogP contribution in [0.1, 0.15) is 88.7 Å². The van der Waals surface area contributed by atoms with Gasteiger partial charge in [0, 0.05) is 5.56 Å². The lowest BCUT2D eigenvalue weighted by Crippen LogP contribution is -2.13. The molecule has 0 atom stereocenters. The Morgan fingerprint density at radius 3 is 2.30 bits per heavy atom. The summed E-state index contributed by atoms with van der Waals surface area (Å²) in [7, 11) is 0. The lowest BCUT2D eigenvalue weighted by Gasteiger charge is -2.29. The van der Waals surface area contributed by atoms with E-state index in [1.165, 1.54) is 56.9 Å². The first-order chi connectivity index (χ1) is 14.6. The molecule has 0 heterocycles. The standard InChI is InChI=1S/C28H36F2/c1-3-5-7-9-21-11-13-22(14-12-21)23-15-17-24(18-16-23)26-20-19-25(10-8-6-4-2)27(29)28(26)30/h4,6,15-22H,3,5,7-14H2,1-2H3/b6-4+. The molecule has 0 N–H and O–H groups in total. The zero-order chi connectivity index (χ0) is 21.3. The van der Waals surface area contributed by atoms with Crippen LogP contribution in [0.4, 0.5) is 8.78 Å². The van der Waals surface area contributed by atoms with Crippen molar-refractivity contribution in [3.05, 3.63) is 71.3 Å². The summed E-state index contributed by atoms with van der Waals surface area (Å²) in [6.07, 6.45) is 15.7. The van der Waals surface area contributed by atoms with E-state index in [2.05, 4.69) is 19.1 Å². The number of aryl methyl sites for hydroxylation is 1. The number of rotatable bonds is 9. The Morgan fingerprint density at radius 2 is 1.63 bits per heavy atom. The Labute approximate surface area is 181 Å². The summed E-state index contributed by atoms with van der Waals surface area (Å²) >= 11 is 0. The second-order valence-electron chi connectivity index (χ2n) is 8.84. The van der Waals surface area contributed by atoms with E-state index in [-0.39, 0.29) is 0 Å². The molecule has 0 radical (unpaired) electrons. The average Bonchev–Trinajstić information content (AvgIpc) is 2.78. The van der Waals surface area contributed by atoms with Gasteiger partial charge in [-0.25, -0.2) is 8.78 Å². The summed E-state index contributed by atoms with van der Waals surface area (Å²) in [6, 6.07) is 11.6. The van der Waals surface area contributed by atoms with Gasteiger partial charge in [-0.05, 0) is 74.0 Å². The fraction of sp³-hybridized carbons (Fsp3) is 0.500. The van der Waals surface area contributed by atoms with Crippen LogP contribution in [0.15, 0.2) is 48.6 Å². The molecule has 1 aliphatic rings. The number of benzene rings is 2. The van der Waals surface area contributed by atoms with Crippen molar-refractivity contribution in [3.8, 4) is 11.1 Å². The van der Waals surface area contributed by atoms with Crippen LogP contribution in [0.2, 0.25) is 0 Å². The summed E-state index contributed by atoms with van der Waals surface area (Å²) in [4.78, 5) is 0. The van der Waals surface area contributed by atoms with E-state index in [9.17, 15) is 8.78 Å². The van der Waals surface area contributed by atoms with Gasteiger partial charge in [0.05, 0.1) is 0 Å². The van der Waals surface area contributed by atoms with Gasteiger partial charge in [0.15, 0.2) is 11.6 Å². The minimum atomic E-state index is -0.728. The van der Waals surface area contributed by atoms with Crippen molar-refractivity contribution in [2.45, 2.75) is 84.0 Å². The molecular weight excluding hydrogens is 374 g/mol. The number of halogens is 2. The van der Waals surface area contributed by atoms with Gasteiger partial charge in [-0.2, -0.15) is 0 Å². The predicted octanol–water partition coefficient (Wildman–Crippen LogP) is 8.99. The zero-order valence-corrected chi connectivity index (χ0v) is 18.6. The highest BCUT2D eigenvalue weighted by atomic mass is 19.2. The third kappa shape index (κ3) is 5.80. The van der Waals surface area contributed by atoms with Crippen molar-refractivity contribution in [1.29, 1.82) is 0 Å². The van der Waals surface area contributed by atoms with Gasteiger partial charge in [0.1, 0.15) is 0 Å². The highest BCUT2D eigenvalue weighted by molar-refractivity contribution is 5.65. The zero-order valence-electron chi connectivity index (χ0n) is 18.6. The van der Waals surface area contributed by atoms with Gasteiger partial charge in [-0.15, -0.1) is 0 Å². The molecule has 2 aromatic carbocycles. The predicted molar refractivity (Wildman–Crippen MR) is 124 cm³/mol. The molecule has 162 valence electrons. The summed E-state index contributed by atoms with van der Waals surface area (Å²) in [6.45, 7) is 4.20. The van der Waals surface area contributed by atoms with Crippen LogP contribution in [0.5, 0.6) is 0 Å². The van der Waals surface area contributed by atoms with Gasteiger partial charge >= 0.3 is 0 Å². The topological polar surface area (TPSA) is 0 Å². The maximum atomic E-state index is 14.7. The number of hydrogen-bond acceptors (Lipinski definition) is 0. The first-order valence-electron chi connectivity index (χ1n) is 11.8. The van der Waals surface area contributed by atoms with Crippen LogP contribution in [0.25, 0.3) is 11.1 Å². The van der Waals surface area contributed by atoms with E-state index in [1.807, 2.05) is 31.2 Å². The Morgan fingerprint density at radius 1 is 0.900 bits per heavy atom. The molecule has 2 heteroatoms. The first kappa shape index (κ1) is 22.7. The third-order valence-corrected chi connectivity index (χ3v) is 6.73. The van der Waals surface area contributed by atoms with Crippen LogP contribution >= 0.6 is 0 Å². The molecule has 0 spiro atoms. The average molecular weight is 411 g/mol. The van der Waals surface area contributed by atoms with Crippen LogP contribution in [-0.2, 0) is 6.42 Å². The minimum absolute atomic E-state index is 0.355. The molecule has 0 amide bonds. The quantitative estimate of drug-likeness (QED) is 0.286. The number of allylic oxidation sites excluding steroid dienone is 2. The van der Waals surface area contributed by atoms with E-state index in [0.29, 0.717) is 23.5 Å². The Bertz CT molecular complexity index is 811. The van der Waals surface area contributed by atoms with E-state index in [4.69, 9.17) is 0 Å². The largest absolute Gasteiger partial charge is 0.203 e. The maximum absolute atomic E-state index is 14.7. The highest BCUT2D eigenvalue weighted by Crippen LogP contribution is 2.38. The Balaban J connectivity index is 1.63. The maximum Gasteiger partial charge on any atom is 0.166 e. The Kier molecular flexibility index (Phi) is 8.66. The fourth-order valence-corrected chi connectivity index (χ4v) is 4.81. The normalized spacial score (nSPS) is 19.5. The second-order valence-corrected chi connectivity index (χ2v) is 8.84. The monoisotopic (exact) mass is 410 g/mol. The van der Waals surface area contributed by atoms with E-state index in [0.717, 1.165) is 17.9 Å². The molecule has 0 unspecified atom stereocenters. The van der Waals surface area contributed by atoms with E-state index < -0.39 is 11.6 Å². The molecular formula is C28H36F2. The molecule has 1 fully saturated rings. The molecule has 0 aromatic heterocycles. The second kappa shape index (κ2) is 11.4. The molecule has 2 aromatic rings. The van der Waals surface area contributed by atoms with Crippen molar-refractivity contribution in [2.24, 2.45) is 5.92 Å². The summed E-state index contributed by atoms with van der Waals surface area (Å²) in [5.41, 5.74) is 2.90. The molecule has 0 saturated heterocycles. The molecule has 0 aliphatic heterocycles. The number of unbranched alkanes of at least 4 members (excludes halogenated alkanes) is 2. The van der Waals surface area contributed by atoms with E-state index >= 15 is 0 Å². The SMILES string of the molecule is C/C=C/CCc1ccc(-c2ccc(C3CCC(CCCCC)CC3)cc2)c(F)c1F. The van der Waals surface area contributed by atoms with Gasteiger partial charge < -0.3 is 0 Å². The summed E-state index contributed by atoms with van der Waals surface area (Å²) in [5.74, 6) is 0.0725. The first-order valence-corrected chi connectivity index (χ1v) is 11.8. The van der Waals surface area contributed by atoms with Crippen LogP contribution in [-0.4, -0.2) is 0 Å². The van der Waals surface area contributed by atoms with Crippen molar-refractivity contribution >= 4 is 0 Å². The lowest BCUT2D eigenvalue weighted by molar-refractivity contribution is 0.303. The van der Waals surface area contributed by atoms with Crippen LogP contribution in [0.3, 0.4) is 0 Å². The van der Waals surface area contributed by atoms with Gasteiger partial charge in [-0.3, -0.25) is 0 Å². The van der Waals surface area contributed by atoms with Crippen LogP contribution < -0.4 is 0 Å². The Hall–Kier alpha value is -1.96. The smallest absolute Gasteiger partial charge is 0.166 e. The van der Waals surface area contributed by atoms with Gasteiger partial charge in [0.2, 0.25) is 0 Å². The molecule has 3 rings (SSSR count). The van der Waals surface area contributed by atoms with Gasteiger partial charge in [-0.1, -0.05) is 81.2 Å². The molecule has 0 bridgehead atoms. The van der Waals surface area contributed by atoms with Crippen LogP contribution in [0, 0.1) is 17.6 Å². The molecule has 30 heavy (non-hydrogen) atoms. The minimum Gasteiger partial charge on any atom is -0.203 e. The molecule has 1 aliphatic carbocycles.